The van der Waals surface area contributed by atoms with Crippen LogP contribution in [0, 0.1) is 24.0 Å². The van der Waals surface area contributed by atoms with E-state index in [1.54, 1.807) is 12.1 Å². The quantitative estimate of drug-likeness (QED) is 0.564. The molecule has 156 valence electrons. The molecule has 1 aliphatic heterocycles. The van der Waals surface area contributed by atoms with Gasteiger partial charge in [0.2, 0.25) is 0 Å². The number of nitro benzene ring substituents is 1. The lowest BCUT2D eigenvalue weighted by molar-refractivity contribution is -0.384. The molecule has 3 rings (SSSR count). The van der Waals surface area contributed by atoms with Gasteiger partial charge >= 0.3 is 0 Å². The Morgan fingerprint density at radius 1 is 1.14 bits per heavy atom. The van der Waals surface area contributed by atoms with Gasteiger partial charge in [0.25, 0.3) is 5.69 Å². The van der Waals surface area contributed by atoms with Gasteiger partial charge in [-0.25, -0.2) is 9.97 Å². The van der Waals surface area contributed by atoms with Gasteiger partial charge in [0.15, 0.2) is 0 Å². The predicted molar refractivity (Wildman–Crippen MR) is 112 cm³/mol. The highest BCUT2D eigenvalue weighted by atomic mass is 16.6. The number of piperazine rings is 1. The molecule has 1 aromatic heterocycles. The van der Waals surface area contributed by atoms with E-state index in [4.69, 9.17) is 4.98 Å². The Kier molecular flexibility index (Phi) is 6.76. The van der Waals surface area contributed by atoms with E-state index >= 15 is 0 Å². The summed E-state index contributed by atoms with van der Waals surface area (Å²) in [5.41, 5.74) is 3.09. The van der Waals surface area contributed by atoms with Gasteiger partial charge in [-0.05, 0) is 25.8 Å². The minimum Gasteiger partial charge on any atom is -0.392 e. The number of aryl methyl sites for hydroxylation is 2. The average Bonchev–Trinajstić information content (AvgIpc) is 2.70. The third kappa shape index (κ3) is 5.27. The number of hydrogen-bond donors (Lipinski definition) is 1. The van der Waals surface area contributed by atoms with Crippen molar-refractivity contribution in [1.29, 1.82) is 0 Å². The van der Waals surface area contributed by atoms with Gasteiger partial charge < -0.3 is 10.0 Å². The molecule has 1 aliphatic rings. The van der Waals surface area contributed by atoms with Gasteiger partial charge in [0.1, 0.15) is 11.6 Å². The summed E-state index contributed by atoms with van der Waals surface area (Å²) in [4.78, 5) is 24.4. The molecule has 29 heavy (non-hydrogen) atoms. The van der Waals surface area contributed by atoms with Crippen LogP contribution in [-0.4, -0.2) is 63.7 Å². The minimum atomic E-state index is -0.385. The van der Waals surface area contributed by atoms with Crippen LogP contribution in [0.5, 0.6) is 0 Å². The lowest BCUT2D eigenvalue weighted by atomic mass is 10.0. The fourth-order valence-corrected chi connectivity index (χ4v) is 3.70. The molecule has 1 aromatic carbocycles. The molecule has 0 amide bonds. The van der Waals surface area contributed by atoms with Crippen LogP contribution in [-0.2, 0) is 6.42 Å². The first-order valence-corrected chi connectivity index (χ1v) is 10.1. The summed E-state index contributed by atoms with van der Waals surface area (Å²) < 4.78 is 0. The topological polar surface area (TPSA) is 95.6 Å². The highest BCUT2D eigenvalue weighted by Gasteiger charge is 2.23. The fourth-order valence-electron chi connectivity index (χ4n) is 3.70. The Hall–Kier alpha value is -2.58. The largest absolute Gasteiger partial charge is 0.392 e. The first-order valence-electron chi connectivity index (χ1n) is 10.1. The number of aromatic nitrogens is 2. The second kappa shape index (κ2) is 9.28. The van der Waals surface area contributed by atoms with Crippen molar-refractivity contribution < 1.29 is 10.0 Å². The first kappa shape index (κ1) is 21.1. The van der Waals surface area contributed by atoms with Crippen LogP contribution in [0.4, 0.5) is 11.5 Å². The van der Waals surface area contributed by atoms with Crippen LogP contribution in [0.25, 0.3) is 0 Å². The molecule has 2 aromatic rings. The van der Waals surface area contributed by atoms with E-state index in [0.29, 0.717) is 13.0 Å². The molecule has 1 fully saturated rings. The number of aliphatic hydroxyl groups excluding tert-OH is 1. The van der Waals surface area contributed by atoms with E-state index in [1.165, 1.54) is 12.1 Å². The molecule has 0 unspecified atom stereocenters. The molecule has 0 spiro atoms. The van der Waals surface area contributed by atoms with Crippen LogP contribution in [0.2, 0.25) is 0 Å². The number of aliphatic hydroxyl groups is 1. The summed E-state index contributed by atoms with van der Waals surface area (Å²) in [5.74, 6) is 1.69. The van der Waals surface area contributed by atoms with Crippen molar-refractivity contribution in [2.45, 2.75) is 39.7 Å². The summed E-state index contributed by atoms with van der Waals surface area (Å²) in [7, 11) is 0. The monoisotopic (exact) mass is 399 g/mol. The molecule has 1 saturated heterocycles. The molecular formula is C21H29N5O3. The van der Waals surface area contributed by atoms with Crippen molar-refractivity contribution in [2.75, 3.05) is 37.6 Å². The fraction of sp³-hybridized carbons (Fsp3) is 0.524. The second-order valence-electron chi connectivity index (χ2n) is 7.61. The van der Waals surface area contributed by atoms with E-state index in [2.05, 4.69) is 14.8 Å². The van der Waals surface area contributed by atoms with Crippen LogP contribution in [0.1, 0.15) is 36.0 Å². The first-order chi connectivity index (χ1) is 13.9. The zero-order chi connectivity index (χ0) is 21.0. The summed E-state index contributed by atoms with van der Waals surface area (Å²) in [5, 5.41) is 20.8. The zero-order valence-corrected chi connectivity index (χ0v) is 17.3. The molecule has 0 aliphatic carbocycles. The Bertz CT molecular complexity index is 848. The maximum absolute atomic E-state index is 10.9. The zero-order valence-electron chi connectivity index (χ0n) is 17.3. The van der Waals surface area contributed by atoms with Crippen molar-refractivity contribution in [3.05, 3.63) is 57.0 Å². The molecule has 0 bridgehead atoms. The molecule has 1 N–H and O–H groups in total. The summed E-state index contributed by atoms with van der Waals surface area (Å²) >= 11 is 0. The lowest BCUT2D eigenvalue weighted by Gasteiger charge is -2.37. The smallest absolute Gasteiger partial charge is 0.269 e. The molecule has 1 atom stereocenters. The van der Waals surface area contributed by atoms with Gasteiger partial charge in [0, 0.05) is 62.5 Å². The number of rotatable bonds is 7. The van der Waals surface area contributed by atoms with Crippen molar-refractivity contribution >= 4 is 11.5 Å². The maximum atomic E-state index is 10.9. The van der Waals surface area contributed by atoms with E-state index in [0.717, 1.165) is 61.1 Å². The van der Waals surface area contributed by atoms with E-state index in [9.17, 15) is 15.2 Å². The van der Waals surface area contributed by atoms with Crippen molar-refractivity contribution in [2.24, 2.45) is 0 Å². The van der Waals surface area contributed by atoms with Gasteiger partial charge in [0.05, 0.1) is 11.0 Å². The standard InChI is InChI=1S/C21H29N5O3/c1-4-19(27)14-24-9-11-25(12-10-24)21-20(15(2)22-16(3)23-21)13-17-5-7-18(8-6-17)26(28)29/h5-8,19,27H,4,9-14H2,1-3H3/t19-/m1/s1. The molecular weight excluding hydrogens is 370 g/mol. The highest BCUT2D eigenvalue weighted by molar-refractivity contribution is 5.52. The molecule has 0 radical (unpaired) electrons. The second-order valence-corrected chi connectivity index (χ2v) is 7.61. The third-order valence-electron chi connectivity index (χ3n) is 5.44. The number of β-amino-alcohol motifs (C(OH)–C–C–N with tert-alkyl or cyclic N) is 1. The lowest BCUT2D eigenvalue weighted by Crippen LogP contribution is -2.49. The normalized spacial score (nSPS) is 16.1. The van der Waals surface area contributed by atoms with E-state index < -0.39 is 0 Å². The van der Waals surface area contributed by atoms with E-state index in [-0.39, 0.29) is 16.7 Å². The summed E-state index contributed by atoms with van der Waals surface area (Å²) in [6.07, 6.45) is 1.13. The Labute approximate surface area is 171 Å². The Balaban J connectivity index is 1.78. The third-order valence-corrected chi connectivity index (χ3v) is 5.44. The number of hydrogen-bond acceptors (Lipinski definition) is 7. The molecule has 0 saturated carbocycles. The van der Waals surface area contributed by atoms with Gasteiger partial charge in [-0.2, -0.15) is 0 Å². The SMILES string of the molecule is CC[C@@H](O)CN1CCN(c2nc(C)nc(C)c2Cc2ccc([N+](=O)[O-])cc2)CC1. The summed E-state index contributed by atoms with van der Waals surface area (Å²) in [6.45, 7) is 10.1. The van der Waals surface area contributed by atoms with Crippen molar-refractivity contribution in [3.63, 3.8) is 0 Å². The van der Waals surface area contributed by atoms with Crippen LogP contribution in [0.3, 0.4) is 0 Å². The van der Waals surface area contributed by atoms with Crippen molar-refractivity contribution in [1.82, 2.24) is 14.9 Å². The van der Waals surface area contributed by atoms with Gasteiger partial charge in [-0.1, -0.05) is 19.1 Å². The van der Waals surface area contributed by atoms with Gasteiger partial charge in [-0.15, -0.1) is 0 Å². The van der Waals surface area contributed by atoms with Crippen molar-refractivity contribution in [3.8, 4) is 0 Å². The Morgan fingerprint density at radius 3 is 2.38 bits per heavy atom. The number of benzene rings is 1. The Morgan fingerprint density at radius 2 is 1.79 bits per heavy atom. The van der Waals surface area contributed by atoms with Crippen LogP contribution >= 0.6 is 0 Å². The minimum absolute atomic E-state index is 0.0937. The predicted octanol–water partition coefficient (Wildman–Crippen LogP) is 2.49. The van der Waals surface area contributed by atoms with Crippen LogP contribution in [0.15, 0.2) is 24.3 Å². The van der Waals surface area contributed by atoms with Gasteiger partial charge in [-0.3, -0.25) is 15.0 Å². The number of non-ortho nitro benzene ring substituents is 1. The average molecular weight is 399 g/mol. The maximum Gasteiger partial charge on any atom is 0.269 e. The number of nitrogens with zero attached hydrogens (tertiary/aromatic N) is 5. The molecule has 2 heterocycles. The highest BCUT2D eigenvalue weighted by Crippen LogP contribution is 2.26. The molecule has 8 nitrogen and oxygen atoms in total. The van der Waals surface area contributed by atoms with E-state index in [1.807, 2.05) is 20.8 Å². The van der Waals surface area contributed by atoms with Crippen LogP contribution < -0.4 is 4.90 Å². The summed E-state index contributed by atoms with van der Waals surface area (Å²) in [6, 6.07) is 6.67. The number of nitro groups is 1. The molecule has 8 heteroatoms. The number of anilines is 1.